The fraction of sp³-hybridized carbons (Fsp3) is 1.00. The highest BCUT2D eigenvalue weighted by Gasteiger charge is 2.15. The van der Waals surface area contributed by atoms with E-state index in [4.69, 9.17) is 4.74 Å². The van der Waals surface area contributed by atoms with Crippen LogP contribution in [0.3, 0.4) is 0 Å². The summed E-state index contributed by atoms with van der Waals surface area (Å²) >= 11 is 2.11. The SMILES string of the molecule is CCCNC(COC)CSCC1CCCC1. The molecule has 1 atom stereocenters. The molecule has 0 aromatic carbocycles. The maximum absolute atomic E-state index is 5.25. The van der Waals surface area contributed by atoms with Crippen LogP contribution in [0.4, 0.5) is 0 Å². The molecule has 0 heterocycles. The zero-order valence-corrected chi connectivity index (χ0v) is 11.7. The smallest absolute Gasteiger partial charge is 0.0623 e. The molecule has 96 valence electrons. The van der Waals surface area contributed by atoms with Crippen molar-refractivity contribution in [3.05, 3.63) is 0 Å². The maximum Gasteiger partial charge on any atom is 0.0623 e. The second kappa shape index (κ2) is 9.32. The first-order valence-corrected chi connectivity index (χ1v) is 7.82. The van der Waals surface area contributed by atoms with Gasteiger partial charge in [0.25, 0.3) is 0 Å². The molecule has 0 spiro atoms. The third-order valence-electron chi connectivity index (χ3n) is 3.20. The van der Waals surface area contributed by atoms with Crippen LogP contribution in [0.25, 0.3) is 0 Å². The van der Waals surface area contributed by atoms with E-state index in [0.717, 1.165) is 19.1 Å². The second-order valence-corrected chi connectivity index (χ2v) is 5.87. The number of rotatable bonds is 9. The van der Waals surface area contributed by atoms with E-state index in [0.29, 0.717) is 6.04 Å². The summed E-state index contributed by atoms with van der Waals surface area (Å²) in [6, 6.07) is 0.538. The summed E-state index contributed by atoms with van der Waals surface area (Å²) < 4.78 is 5.25. The molecule has 0 aliphatic heterocycles. The summed E-state index contributed by atoms with van der Waals surface area (Å²) in [6.45, 7) is 4.16. The van der Waals surface area contributed by atoms with Gasteiger partial charge in [-0.15, -0.1) is 0 Å². The van der Waals surface area contributed by atoms with Gasteiger partial charge in [-0.2, -0.15) is 11.8 Å². The van der Waals surface area contributed by atoms with Crippen molar-refractivity contribution in [1.82, 2.24) is 5.32 Å². The van der Waals surface area contributed by atoms with Crippen molar-refractivity contribution in [2.45, 2.75) is 45.1 Å². The molecule has 0 amide bonds. The number of nitrogens with one attached hydrogen (secondary N) is 1. The minimum absolute atomic E-state index is 0.538. The standard InChI is InChI=1S/C13H27NOS/c1-3-8-14-13(9-15-2)11-16-10-12-6-4-5-7-12/h12-14H,3-11H2,1-2H3. The fourth-order valence-electron chi connectivity index (χ4n) is 2.27. The Morgan fingerprint density at radius 1 is 1.38 bits per heavy atom. The lowest BCUT2D eigenvalue weighted by Gasteiger charge is -2.18. The van der Waals surface area contributed by atoms with E-state index in [1.807, 2.05) is 0 Å². The van der Waals surface area contributed by atoms with E-state index in [1.165, 1.54) is 43.6 Å². The monoisotopic (exact) mass is 245 g/mol. The van der Waals surface area contributed by atoms with Crippen molar-refractivity contribution in [2.75, 3.05) is 31.8 Å². The van der Waals surface area contributed by atoms with Gasteiger partial charge in [-0.1, -0.05) is 19.8 Å². The highest BCUT2D eigenvalue weighted by molar-refractivity contribution is 7.99. The minimum Gasteiger partial charge on any atom is -0.383 e. The average molecular weight is 245 g/mol. The molecule has 16 heavy (non-hydrogen) atoms. The third-order valence-corrected chi connectivity index (χ3v) is 4.54. The largest absolute Gasteiger partial charge is 0.383 e. The van der Waals surface area contributed by atoms with Crippen molar-refractivity contribution < 1.29 is 4.74 Å². The molecule has 1 rings (SSSR count). The Labute approximate surface area is 105 Å². The van der Waals surface area contributed by atoms with Gasteiger partial charge >= 0.3 is 0 Å². The summed E-state index contributed by atoms with van der Waals surface area (Å²) in [5.41, 5.74) is 0. The summed E-state index contributed by atoms with van der Waals surface area (Å²) in [5, 5.41) is 3.55. The molecule has 2 nitrogen and oxygen atoms in total. The van der Waals surface area contributed by atoms with Crippen molar-refractivity contribution >= 4 is 11.8 Å². The number of hydrogen-bond donors (Lipinski definition) is 1. The van der Waals surface area contributed by atoms with E-state index in [-0.39, 0.29) is 0 Å². The highest BCUT2D eigenvalue weighted by Crippen LogP contribution is 2.27. The van der Waals surface area contributed by atoms with Gasteiger partial charge in [0.2, 0.25) is 0 Å². The van der Waals surface area contributed by atoms with Crippen LogP contribution in [0.15, 0.2) is 0 Å². The van der Waals surface area contributed by atoms with Crippen LogP contribution in [0.5, 0.6) is 0 Å². The average Bonchev–Trinajstić information content (AvgIpc) is 2.79. The summed E-state index contributed by atoms with van der Waals surface area (Å²) in [7, 11) is 1.79. The summed E-state index contributed by atoms with van der Waals surface area (Å²) in [4.78, 5) is 0. The van der Waals surface area contributed by atoms with Gasteiger partial charge in [-0.05, 0) is 37.5 Å². The number of ether oxygens (including phenoxy) is 1. The third kappa shape index (κ3) is 6.12. The van der Waals surface area contributed by atoms with Crippen molar-refractivity contribution in [1.29, 1.82) is 0 Å². The minimum atomic E-state index is 0.538. The van der Waals surface area contributed by atoms with Crippen LogP contribution < -0.4 is 5.32 Å². The molecular formula is C13H27NOS. The van der Waals surface area contributed by atoms with Gasteiger partial charge in [0.1, 0.15) is 0 Å². The van der Waals surface area contributed by atoms with Crippen LogP contribution in [0.1, 0.15) is 39.0 Å². The molecule has 1 aliphatic rings. The lowest BCUT2D eigenvalue weighted by atomic mass is 10.1. The molecule has 0 aromatic rings. The molecule has 1 saturated carbocycles. The van der Waals surface area contributed by atoms with Crippen LogP contribution >= 0.6 is 11.8 Å². The van der Waals surface area contributed by atoms with Gasteiger partial charge in [-0.3, -0.25) is 0 Å². The molecule has 0 radical (unpaired) electrons. The zero-order valence-electron chi connectivity index (χ0n) is 10.8. The lowest BCUT2D eigenvalue weighted by Crippen LogP contribution is -2.36. The fourth-order valence-corrected chi connectivity index (χ4v) is 3.57. The molecule has 0 aromatic heterocycles. The number of methoxy groups -OCH3 is 1. The van der Waals surface area contributed by atoms with E-state index in [2.05, 4.69) is 24.0 Å². The molecule has 0 bridgehead atoms. The first-order valence-electron chi connectivity index (χ1n) is 6.66. The Balaban J connectivity index is 2.05. The van der Waals surface area contributed by atoms with Crippen LogP contribution in [-0.4, -0.2) is 37.8 Å². The quantitative estimate of drug-likeness (QED) is 0.675. The highest BCUT2D eigenvalue weighted by atomic mass is 32.2. The van der Waals surface area contributed by atoms with Gasteiger partial charge in [0, 0.05) is 18.9 Å². The van der Waals surface area contributed by atoms with Crippen molar-refractivity contribution in [2.24, 2.45) is 5.92 Å². The zero-order chi connectivity index (χ0) is 11.6. The Morgan fingerprint density at radius 3 is 2.75 bits per heavy atom. The molecule has 1 fully saturated rings. The first-order chi connectivity index (χ1) is 7.86. The predicted octanol–water partition coefficient (Wildman–Crippen LogP) is 2.92. The maximum atomic E-state index is 5.25. The van der Waals surface area contributed by atoms with Gasteiger partial charge < -0.3 is 10.1 Å². The Bertz CT molecular complexity index is 160. The van der Waals surface area contributed by atoms with Gasteiger partial charge in [0.15, 0.2) is 0 Å². The van der Waals surface area contributed by atoms with Gasteiger partial charge in [-0.25, -0.2) is 0 Å². The lowest BCUT2D eigenvalue weighted by molar-refractivity contribution is 0.174. The van der Waals surface area contributed by atoms with Crippen molar-refractivity contribution in [3.8, 4) is 0 Å². The van der Waals surface area contributed by atoms with E-state index < -0.39 is 0 Å². The number of thioether (sulfide) groups is 1. The summed E-state index contributed by atoms with van der Waals surface area (Å²) in [6.07, 6.45) is 7.05. The van der Waals surface area contributed by atoms with E-state index >= 15 is 0 Å². The first kappa shape index (κ1) is 14.3. The molecule has 0 saturated heterocycles. The van der Waals surface area contributed by atoms with Crippen molar-refractivity contribution in [3.63, 3.8) is 0 Å². The van der Waals surface area contributed by atoms with Gasteiger partial charge in [0.05, 0.1) is 6.61 Å². The molecule has 1 unspecified atom stereocenters. The molecular weight excluding hydrogens is 218 g/mol. The Hall–Kier alpha value is 0.270. The molecule has 1 aliphatic carbocycles. The van der Waals surface area contributed by atoms with E-state index in [1.54, 1.807) is 7.11 Å². The van der Waals surface area contributed by atoms with E-state index in [9.17, 15) is 0 Å². The number of hydrogen-bond acceptors (Lipinski definition) is 3. The molecule has 1 N–H and O–H groups in total. The summed E-state index contributed by atoms with van der Waals surface area (Å²) in [5.74, 6) is 3.55. The van der Waals surface area contributed by atoms with Crippen LogP contribution in [-0.2, 0) is 4.74 Å². The topological polar surface area (TPSA) is 21.3 Å². The molecule has 3 heteroatoms. The second-order valence-electron chi connectivity index (χ2n) is 4.79. The normalized spacial score (nSPS) is 19.1. The van der Waals surface area contributed by atoms with Crippen LogP contribution in [0, 0.1) is 5.92 Å². The van der Waals surface area contributed by atoms with Crippen LogP contribution in [0.2, 0.25) is 0 Å². The predicted molar refractivity (Wildman–Crippen MR) is 73.2 cm³/mol. The Kier molecular flexibility index (Phi) is 8.34. The Morgan fingerprint density at radius 2 is 2.12 bits per heavy atom.